The molecule has 5 nitrogen and oxygen atoms in total. The van der Waals surface area contributed by atoms with Gasteiger partial charge < -0.3 is 10.1 Å². The Kier molecular flexibility index (Phi) is 2.78. The van der Waals surface area contributed by atoms with Crippen molar-refractivity contribution in [2.24, 2.45) is 0 Å². The lowest BCUT2D eigenvalue weighted by Gasteiger charge is -1.80. The van der Waals surface area contributed by atoms with Crippen LogP contribution in [0.4, 0.5) is 0 Å². The average Bonchev–Trinajstić information content (AvgIpc) is 2.52. The zero-order chi connectivity index (χ0) is 8.81. The Morgan fingerprint density at radius 2 is 2.25 bits per heavy atom. The molecule has 0 fully saturated rings. The van der Waals surface area contributed by atoms with E-state index in [0.29, 0.717) is 0 Å². The second-order valence-electron chi connectivity index (χ2n) is 1.88. The van der Waals surface area contributed by atoms with E-state index in [1.54, 1.807) is 12.5 Å². The van der Waals surface area contributed by atoms with Crippen LogP contribution in [0.1, 0.15) is 0 Å². The molecule has 0 aromatic carbocycles. The Balaban J connectivity index is 0.000000213. The topological polar surface area (TPSA) is 78.9 Å². The molecular formula is C7H7N3O2. The first-order chi connectivity index (χ1) is 5.88. The number of pyridine rings is 1. The van der Waals surface area contributed by atoms with Gasteiger partial charge in [-0.05, 0) is 12.1 Å². The second kappa shape index (κ2) is 4.07. The van der Waals surface area contributed by atoms with Gasteiger partial charge in [-0.1, -0.05) is 0 Å². The summed E-state index contributed by atoms with van der Waals surface area (Å²) in [7, 11) is 0. The summed E-state index contributed by atoms with van der Waals surface area (Å²) in [5.74, 6) is 0. The first kappa shape index (κ1) is 8.19. The molecule has 2 aromatic rings. The maximum absolute atomic E-state index is 8.36. The van der Waals surface area contributed by atoms with Crippen molar-refractivity contribution in [2.45, 2.75) is 0 Å². The number of aromatic amines is 1. The first-order valence-electron chi connectivity index (χ1n) is 3.20. The van der Waals surface area contributed by atoms with Gasteiger partial charge in [0.05, 0.1) is 6.33 Å². The van der Waals surface area contributed by atoms with E-state index >= 15 is 0 Å². The number of carboxylic acid groups (broad SMARTS) is 1. The fourth-order valence-electron chi connectivity index (χ4n) is 0.775. The molecule has 12 heavy (non-hydrogen) atoms. The molecule has 0 aliphatic carbocycles. The highest BCUT2D eigenvalue weighted by atomic mass is 16.3. The molecule has 0 bridgehead atoms. The monoisotopic (exact) mass is 165 g/mol. The smallest absolute Gasteiger partial charge is 0.290 e. The van der Waals surface area contributed by atoms with E-state index < -0.39 is 0 Å². The first-order valence-corrected chi connectivity index (χ1v) is 3.20. The van der Waals surface area contributed by atoms with Crippen molar-refractivity contribution in [3.8, 4) is 0 Å². The highest BCUT2D eigenvalue weighted by molar-refractivity contribution is 5.68. The average molecular weight is 165 g/mol. The number of aromatic nitrogens is 3. The summed E-state index contributed by atoms with van der Waals surface area (Å²) < 4.78 is 0. The molecule has 0 aliphatic heterocycles. The number of nitrogens with one attached hydrogen (secondary N) is 1. The molecule has 0 saturated heterocycles. The molecule has 0 atom stereocenters. The summed E-state index contributed by atoms with van der Waals surface area (Å²) in [6.45, 7) is -0.250. The third kappa shape index (κ3) is 1.79. The number of hydrogen-bond acceptors (Lipinski definition) is 3. The van der Waals surface area contributed by atoms with Crippen LogP contribution in [-0.2, 0) is 4.79 Å². The highest BCUT2D eigenvalue weighted by Gasteiger charge is 1.90. The lowest BCUT2D eigenvalue weighted by Crippen LogP contribution is -1.71. The Bertz CT molecular complexity index is 328. The summed E-state index contributed by atoms with van der Waals surface area (Å²) in [4.78, 5) is 19.3. The fraction of sp³-hybridized carbons (Fsp3) is 0. The molecule has 2 N–H and O–H groups in total. The molecule has 62 valence electrons. The third-order valence-corrected chi connectivity index (χ3v) is 1.19. The van der Waals surface area contributed by atoms with Gasteiger partial charge in [0.1, 0.15) is 5.52 Å². The predicted octanol–water partition coefficient (Wildman–Crippen LogP) is 0.659. The van der Waals surface area contributed by atoms with Gasteiger partial charge in [-0.2, -0.15) is 0 Å². The normalized spacial score (nSPS) is 8.67. The van der Waals surface area contributed by atoms with E-state index in [4.69, 9.17) is 9.90 Å². The molecule has 0 unspecified atom stereocenters. The molecule has 0 aliphatic rings. The van der Waals surface area contributed by atoms with E-state index in [0.717, 1.165) is 11.2 Å². The minimum Gasteiger partial charge on any atom is -0.483 e. The summed E-state index contributed by atoms with van der Waals surface area (Å²) in [5, 5.41) is 6.89. The minimum absolute atomic E-state index is 0.250. The number of hydrogen-bond donors (Lipinski definition) is 2. The van der Waals surface area contributed by atoms with Crippen LogP contribution in [0, 0.1) is 0 Å². The van der Waals surface area contributed by atoms with Crippen LogP contribution < -0.4 is 0 Å². The van der Waals surface area contributed by atoms with Crippen molar-refractivity contribution < 1.29 is 9.90 Å². The maximum Gasteiger partial charge on any atom is 0.290 e. The van der Waals surface area contributed by atoms with Crippen molar-refractivity contribution in [3.05, 3.63) is 24.7 Å². The number of H-pyrrole nitrogens is 1. The van der Waals surface area contributed by atoms with E-state index in [1.807, 2.05) is 12.1 Å². The van der Waals surface area contributed by atoms with E-state index in [-0.39, 0.29) is 6.47 Å². The molecule has 2 heterocycles. The van der Waals surface area contributed by atoms with E-state index in [1.165, 1.54) is 0 Å². The fourth-order valence-corrected chi connectivity index (χ4v) is 0.775. The van der Waals surface area contributed by atoms with Gasteiger partial charge in [-0.25, -0.2) is 9.97 Å². The number of rotatable bonds is 0. The molecule has 5 heteroatoms. The standard InChI is InChI=1S/C6H5N3.CH2O2/c1-2-5-6(7-3-1)9-4-8-5;2-1-3/h1-4H,(H,7,8,9);1H,(H,2,3). The van der Waals surface area contributed by atoms with E-state index in [2.05, 4.69) is 15.0 Å². The van der Waals surface area contributed by atoms with Gasteiger partial charge in [0, 0.05) is 6.20 Å². The van der Waals surface area contributed by atoms with Crippen LogP contribution in [0.15, 0.2) is 24.7 Å². The van der Waals surface area contributed by atoms with Gasteiger partial charge in [-0.15, -0.1) is 0 Å². The lowest BCUT2D eigenvalue weighted by atomic mass is 10.4. The zero-order valence-corrected chi connectivity index (χ0v) is 6.14. The van der Waals surface area contributed by atoms with Gasteiger partial charge in [0.15, 0.2) is 5.65 Å². The van der Waals surface area contributed by atoms with Crippen molar-refractivity contribution in [1.82, 2.24) is 15.0 Å². The summed E-state index contributed by atoms with van der Waals surface area (Å²) in [6.07, 6.45) is 3.37. The van der Waals surface area contributed by atoms with Gasteiger partial charge in [0.25, 0.3) is 6.47 Å². The molecule has 0 amide bonds. The van der Waals surface area contributed by atoms with Gasteiger partial charge >= 0.3 is 0 Å². The van der Waals surface area contributed by atoms with Crippen LogP contribution in [0.25, 0.3) is 11.2 Å². The van der Waals surface area contributed by atoms with Crippen LogP contribution in [0.2, 0.25) is 0 Å². The number of nitrogens with zero attached hydrogens (tertiary/aromatic N) is 2. The van der Waals surface area contributed by atoms with E-state index in [9.17, 15) is 0 Å². The number of fused-ring (bicyclic) bond motifs is 1. The summed E-state index contributed by atoms with van der Waals surface area (Å²) in [6, 6.07) is 3.78. The quantitative estimate of drug-likeness (QED) is 0.562. The molecule has 0 radical (unpaired) electrons. The number of carbonyl (C=O) groups is 1. The van der Waals surface area contributed by atoms with Crippen LogP contribution in [0.3, 0.4) is 0 Å². The molecule has 0 saturated carbocycles. The maximum atomic E-state index is 8.36. The summed E-state index contributed by atoms with van der Waals surface area (Å²) in [5.41, 5.74) is 1.76. The lowest BCUT2D eigenvalue weighted by molar-refractivity contribution is -0.122. The largest absolute Gasteiger partial charge is 0.483 e. The highest BCUT2D eigenvalue weighted by Crippen LogP contribution is 2.01. The third-order valence-electron chi connectivity index (χ3n) is 1.19. The Labute approximate surface area is 68.1 Å². The van der Waals surface area contributed by atoms with Crippen molar-refractivity contribution >= 4 is 17.6 Å². The van der Waals surface area contributed by atoms with Crippen LogP contribution >= 0.6 is 0 Å². The minimum atomic E-state index is -0.250. The Hall–Kier alpha value is -1.91. The second-order valence-corrected chi connectivity index (χ2v) is 1.88. The van der Waals surface area contributed by atoms with Gasteiger partial charge in [-0.3, -0.25) is 4.79 Å². The SMILES string of the molecule is O=CO.c1cnc2[nH]cnc2c1. The van der Waals surface area contributed by atoms with Gasteiger partial charge in [0.2, 0.25) is 0 Å². The zero-order valence-electron chi connectivity index (χ0n) is 6.14. The van der Waals surface area contributed by atoms with Crippen molar-refractivity contribution in [1.29, 1.82) is 0 Å². The Morgan fingerprint density at radius 1 is 1.50 bits per heavy atom. The predicted molar refractivity (Wildman–Crippen MR) is 42.6 cm³/mol. The molecule has 0 spiro atoms. The van der Waals surface area contributed by atoms with Crippen molar-refractivity contribution in [2.75, 3.05) is 0 Å². The van der Waals surface area contributed by atoms with Crippen LogP contribution in [-0.4, -0.2) is 26.5 Å². The summed E-state index contributed by atoms with van der Waals surface area (Å²) >= 11 is 0. The Morgan fingerprint density at radius 3 is 2.92 bits per heavy atom. The van der Waals surface area contributed by atoms with Crippen LogP contribution in [0.5, 0.6) is 0 Å². The molecule has 2 aromatic heterocycles. The number of imidazole rings is 1. The van der Waals surface area contributed by atoms with Crippen molar-refractivity contribution in [3.63, 3.8) is 0 Å². The molecular weight excluding hydrogens is 158 g/mol. The molecule has 2 rings (SSSR count).